The lowest BCUT2D eigenvalue weighted by molar-refractivity contribution is -0.118. The van der Waals surface area contributed by atoms with Crippen molar-refractivity contribution in [3.8, 4) is 0 Å². The molecule has 2 N–H and O–H groups in total. The number of rotatable bonds is 7. The first-order chi connectivity index (χ1) is 15.6. The number of nitrogens with zero attached hydrogens (tertiary/aromatic N) is 2. The summed E-state index contributed by atoms with van der Waals surface area (Å²) in [7, 11) is 0. The van der Waals surface area contributed by atoms with Crippen LogP contribution in [0.3, 0.4) is 0 Å². The second-order valence-corrected chi connectivity index (χ2v) is 8.25. The Balaban J connectivity index is 1.47. The number of nitrogens with one attached hydrogen (secondary N) is 2. The second kappa shape index (κ2) is 10.3. The molecular weight excluding hydrogens is 424 g/mol. The molecule has 0 radical (unpaired) electrons. The fourth-order valence-electron chi connectivity index (χ4n) is 3.72. The van der Waals surface area contributed by atoms with Gasteiger partial charge in [0.15, 0.2) is 0 Å². The van der Waals surface area contributed by atoms with E-state index < -0.39 is 6.04 Å². The highest BCUT2D eigenvalue weighted by molar-refractivity contribution is 6.30. The number of carbonyl (C=O) groups is 2. The Kier molecular flexibility index (Phi) is 7.02. The van der Waals surface area contributed by atoms with Gasteiger partial charge in [0, 0.05) is 30.1 Å². The molecule has 1 atom stereocenters. The maximum absolute atomic E-state index is 13.1. The van der Waals surface area contributed by atoms with Gasteiger partial charge < -0.3 is 15.5 Å². The van der Waals surface area contributed by atoms with Crippen LogP contribution in [-0.4, -0.2) is 35.9 Å². The number of hydrogen-bond acceptors (Lipinski definition) is 4. The van der Waals surface area contributed by atoms with Gasteiger partial charge in [-0.2, -0.15) is 0 Å². The van der Waals surface area contributed by atoms with Crippen molar-refractivity contribution in [2.45, 2.75) is 25.3 Å². The molecule has 0 saturated carbocycles. The Morgan fingerprint density at radius 1 is 0.969 bits per heavy atom. The van der Waals surface area contributed by atoms with Crippen LogP contribution in [0, 0.1) is 0 Å². The van der Waals surface area contributed by atoms with Crippen LogP contribution in [-0.2, 0) is 11.2 Å². The molecule has 2 aromatic carbocycles. The number of pyridine rings is 1. The molecule has 2 heterocycles. The average Bonchev–Trinajstić information content (AvgIpc) is 3.35. The van der Waals surface area contributed by atoms with Crippen LogP contribution < -0.4 is 15.5 Å². The van der Waals surface area contributed by atoms with Crippen LogP contribution in [0.15, 0.2) is 72.9 Å². The summed E-state index contributed by atoms with van der Waals surface area (Å²) in [6, 6.07) is 19.2. The van der Waals surface area contributed by atoms with Crippen LogP contribution >= 0.6 is 11.6 Å². The summed E-state index contributed by atoms with van der Waals surface area (Å²) in [4.78, 5) is 32.6. The van der Waals surface area contributed by atoms with E-state index in [9.17, 15) is 9.59 Å². The Hall–Kier alpha value is -3.38. The van der Waals surface area contributed by atoms with E-state index in [2.05, 4.69) is 20.5 Å². The molecule has 164 valence electrons. The van der Waals surface area contributed by atoms with Crippen molar-refractivity contribution < 1.29 is 9.59 Å². The lowest BCUT2D eigenvalue weighted by atomic mass is 10.0. The van der Waals surface area contributed by atoms with Crippen molar-refractivity contribution in [3.05, 3.63) is 89.1 Å². The number of carbonyl (C=O) groups excluding carboxylic acids is 2. The normalized spacial score (nSPS) is 14.1. The van der Waals surface area contributed by atoms with Gasteiger partial charge in [-0.05, 0) is 54.8 Å². The Morgan fingerprint density at radius 3 is 2.34 bits per heavy atom. The molecule has 3 aromatic rings. The average molecular weight is 449 g/mol. The highest BCUT2D eigenvalue weighted by Crippen LogP contribution is 2.19. The standard InChI is InChI=1S/C25H25ClN4O2/c26-20-10-8-19(9-11-20)24(31)29-22(16-18-6-2-1-3-7-18)25(32)28-21-12-13-23(27-17-21)30-14-4-5-15-30/h1-3,6-13,17,22H,4-5,14-16H2,(H,28,32)(H,29,31). The van der Waals surface area contributed by atoms with Crippen molar-refractivity contribution in [3.63, 3.8) is 0 Å². The first-order valence-electron chi connectivity index (χ1n) is 10.7. The van der Waals surface area contributed by atoms with E-state index >= 15 is 0 Å². The number of aromatic nitrogens is 1. The van der Waals surface area contributed by atoms with Gasteiger partial charge >= 0.3 is 0 Å². The summed E-state index contributed by atoms with van der Waals surface area (Å²) in [5.74, 6) is 0.282. The van der Waals surface area contributed by atoms with Gasteiger partial charge in [-0.1, -0.05) is 41.9 Å². The SMILES string of the molecule is O=C(NC(Cc1ccccc1)C(=O)Nc1ccc(N2CCCC2)nc1)c1ccc(Cl)cc1. The smallest absolute Gasteiger partial charge is 0.251 e. The molecule has 0 bridgehead atoms. The van der Waals surface area contributed by atoms with Crippen molar-refractivity contribution in [2.24, 2.45) is 0 Å². The van der Waals surface area contributed by atoms with E-state index in [-0.39, 0.29) is 11.8 Å². The minimum atomic E-state index is -0.751. The molecule has 1 aromatic heterocycles. The monoisotopic (exact) mass is 448 g/mol. The molecule has 1 fully saturated rings. The Labute approximate surface area is 192 Å². The first-order valence-corrected chi connectivity index (χ1v) is 11.1. The summed E-state index contributed by atoms with van der Waals surface area (Å²) < 4.78 is 0. The van der Waals surface area contributed by atoms with Gasteiger partial charge in [-0.3, -0.25) is 9.59 Å². The molecule has 0 spiro atoms. The third-order valence-corrected chi connectivity index (χ3v) is 5.71. The number of halogens is 1. The summed E-state index contributed by atoms with van der Waals surface area (Å²) in [5, 5.41) is 6.29. The predicted molar refractivity (Wildman–Crippen MR) is 127 cm³/mol. The minimum absolute atomic E-state index is 0.299. The highest BCUT2D eigenvalue weighted by atomic mass is 35.5. The molecule has 1 unspecified atom stereocenters. The summed E-state index contributed by atoms with van der Waals surface area (Å²) >= 11 is 5.92. The van der Waals surface area contributed by atoms with Crippen LogP contribution in [0.1, 0.15) is 28.8 Å². The van der Waals surface area contributed by atoms with Gasteiger partial charge in [0.1, 0.15) is 11.9 Å². The molecule has 4 rings (SSSR count). The topological polar surface area (TPSA) is 74.3 Å². The van der Waals surface area contributed by atoms with Crippen molar-refractivity contribution >= 4 is 34.9 Å². The van der Waals surface area contributed by atoms with Gasteiger partial charge in [0.05, 0.1) is 11.9 Å². The maximum Gasteiger partial charge on any atom is 0.251 e. The van der Waals surface area contributed by atoms with Crippen molar-refractivity contribution in [2.75, 3.05) is 23.3 Å². The van der Waals surface area contributed by atoms with Gasteiger partial charge in [0.25, 0.3) is 5.91 Å². The zero-order valence-corrected chi connectivity index (χ0v) is 18.4. The zero-order valence-electron chi connectivity index (χ0n) is 17.6. The number of anilines is 2. The van der Waals surface area contributed by atoms with Crippen LogP contribution in [0.4, 0.5) is 11.5 Å². The molecule has 2 amide bonds. The van der Waals surface area contributed by atoms with Gasteiger partial charge in [0.2, 0.25) is 5.91 Å². The van der Waals surface area contributed by atoms with E-state index in [1.54, 1.807) is 30.5 Å². The van der Waals surface area contributed by atoms with Crippen molar-refractivity contribution in [1.82, 2.24) is 10.3 Å². The number of hydrogen-bond donors (Lipinski definition) is 2. The van der Waals surface area contributed by atoms with Gasteiger partial charge in [-0.25, -0.2) is 4.98 Å². The van der Waals surface area contributed by atoms with Crippen LogP contribution in [0.5, 0.6) is 0 Å². The van der Waals surface area contributed by atoms with E-state index in [1.807, 2.05) is 42.5 Å². The Morgan fingerprint density at radius 2 is 1.69 bits per heavy atom. The molecule has 1 aliphatic rings. The largest absolute Gasteiger partial charge is 0.357 e. The minimum Gasteiger partial charge on any atom is -0.357 e. The molecular formula is C25H25ClN4O2. The maximum atomic E-state index is 13.1. The second-order valence-electron chi connectivity index (χ2n) is 7.81. The highest BCUT2D eigenvalue weighted by Gasteiger charge is 2.22. The van der Waals surface area contributed by atoms with Crippen LogP contribution in [0.25, 0.3) is 0 Å². The fraction of sp³-hybridized carbons (Fsp3) is 0.240. The first kappa shape index (κ1) is 21.8. The Bertz CT molecular complexity index is 1050. The molecule has 1 saturated heterocycles. The number of benzene rings is 2. The molecule has 1 aliphatic heterocycles. The molecule has 32 heavy (non-hydrogen) atoms. The summed E-state index contributed by atoms with van der Waals surface area (Å²) in [6.45, 7) is 2.02. The zero-order chi connectivity index (χ0) is 22.3. The molecule has 6 nitrogen and oxygen atoms in total. The summed E-state index contributed by atoms with van der Waals surface area (Å²) in [6.07, 6.45) is 4.38. The quantitative estimate of drug-likeness (QED) is 0.564. The van der Waals surface area contributed by atoms with Gasteiger partial charge in [-0.15, -0.1) is 0 Å². The van der Waals surface area contributed by atoms with Crippen LogP contribution in [0.2, 0.25) is 5.02 Å². The third kappa shape index (κ3) is 5.65. The fourth-order valence-corrected chi connectivity index (χ4v) is 3.85. The molecule has 7 heteroatoms. The van der Waals surface area contributed by atoms with E-state index in [1.165, 1.54) is 12.8 Å². The lowest BCUT2D eigenvalue weighted by Crippen LogP contribution is -2.45. The third-order valence-electron chi connectivity index (χ3n) is 5.46. The van der Waals surface area contributed by atoms with E-state index in [0.717, 1.165) is 24.5 Å². The molecule has 0 aliphatic carbocycles. The van der Waals surface area contributed by atoms with Crippen molar-refractivity contribution in [1.29, 1.82) is 0 Å². The predicted octanol–water partition coefficient (Wildman–Crippen LogP) is 4.32. The van der Waals surface area contributed by atoms with E-state index in [0.29, 0.717) is 22.7 Å². The number of amides is 2. The lowest BCUT2D eigenvalue weighted by Gasteiger charge is -2.20. The summed E-state index contributed by atoms with van der Waals surface area (Å²) in [5.41, 5.74) is 1.99. The van der Waals surface area contributed by atoms with E-state index in [4.69, 9.17) is 11.6 Å².